The lowest BCUT2D eigenvalue weighted by Gasteiger charge is -2.12. The monoisotopic (exact) mass is 154 g/mol. The van der Waals surface area contributed by atoms with Crippen LogP contribution in [0.25, 0.3) is 0 Å². The smallest absolute Gasteiger partial charge is 0.156 e. The maximum Gasteiger partial charge on any atom is 0.156 e. The molecule has 62 valence electrons. The van der Waals surface area contributed by atoms with Crippen molar-refractivity contribution in [2.75, 3.05) is 0 Å². The van der Waals surface area contributed by atoms with E-state index in [4.69, 9.17) is 0 Å². The molecule has 1 heterocycles. The van der Waals surface area contributed by atoms with Gasteiger partial charge >= 0.3 is 0 Å². The molecule has 0 aromatic carbocycles. The first-order valence-corrected chi connectivity index (χ1v) is 3.85. The number of H-pyrrole nitrogens is 1. The summed E-state index contributed by atoms with van der Waals surface area (Å²) in [6.07, 6.45) is 1.51. The van der Waals surface area contributed by atoms with Gasteiger partial charge in [-0.05, 0) is 5.92 Å². The highest BCUT2D eigenvalue weighted by Crippen LogP contribution is 2.27. The second kappa shape index (κ2) is 2.95. The van der Waals surface area contributed by atoms with E-state index in [0.29, 0.717) is 11.8 Å². The fourth-order valence-electron chi connectivity index (χ4n) is 0.945. The van der Waals surface area contributed by atoms with E-state index in [1.54, 1.807) is 0 Å². The van der Waals surface area contributed by atoms with E-state index < -0.39 is 0 Å². The van der Waals surface area contributed by atoms with Gasteiger partial charge in [-0.15, -0.1) is 0 Å². The van der Waals surface area contributed by atoms with Crippen LogP contribution in [0.3, 0.4) is 0 Å². The summed E-state index contributed by atoms with van der Waals surface area (Å²) in [6.45, 7) is 6.28. The molecular weight excluding hydrogens is 140 g/mol. The van der Waals surface area contributed by atoms with E-state index in [-0.39, 0.29) is 5.75 Å². The van der Waals surface area contributed by atoms with Crippen LogP contribution in [0.15, 0.2) is 6.20 Å². The minimum atomic E-state index is 0.270. The zero-order valence-corrected chi connectivity index (χ0v) is 7.13. The van der Waals surface area contributed by atoms with E-state index >= 15 is 0 Å². The first-order chi connectivity index (χ1) is 5.13. The maximum absolute atomic E-state index is 9.28. The van der Waals surface area contributed by atoms with Gasteiger partial charge in [-0.1, -0.05) is 20.8 Å². The SMILES string of the molecule is CC(C)C(C)c1n[nH]cc1O. The molecule has 0 amide bonds. The van der Waals surface area contributed by atoms with Gasteiger partial charge in [0, 0.05) is 5.92 Å². The number of aromatic hydroxyl groups is 1. The summed E-state index contributed by atoms with van der Waals surface area (Å²) in [5, 5.41) is 15.9. The molecule has 1 aromatic heterocycles. The number of aromatic nitrogens is 2. The van der Waals surface area contributed by atoms with Crippen LogP contribution in [0.5, 0.6) is 5.75 Å². The van der Waals surface area contributed by atoms with Gasteiger partial charge in [0.25, 0.3) is 0 Å². The molecule has 1 atom stereocenters. The van der Waals surface area contributed by atoms with Crippen molar-refractivity contribution < 1.29 is 5.11 Å². The van der Waals surface area contributed by atoms with Gasteiger partial charge in [-0.3, -0.25) is 5.10 Å². The topological polar surface area (TPSA) is 48.9 Å². The molecule has 1 rings (SSSR count). The first kappa shape index (κ1) is 8.11. The Morgan fingerprint density at radius 3 is 2.45 bits per heavy atom. The Morgan fingerprint density at radius 2 is 2.09 bits per heavy atom. The Labute approximate surface area is 66.4 Å². The van der Waals surface area contributed by atoms with Crippen LogP contribution in [-0.4, -0.2) is 15.3 Å². The minimum Gasteiger partial charge on any atom is -0.504 e. The Balaban J connectivity index is 2.84. The summed E-state index contributed by atoms with van der Waals surface area (Å²) in [4.78, 5) is 0. The second-order valence-electron chi connectivity index (χ2n) is 3.19. The third kappa shape index (κ3) is 1.53. The Morgan fingerprint density at radius 1 is 1.45 bits per heavy atom. The van der Waals surface area contributed by atoms with Gasteiger partial charge in [0.15, 0.2) is 5.75 Å². The van der Waals surface area contributed by atoms with Crippen molar-refractivity contribution in [3.8, 4) is 5.75 Å². The van der Waals surface area contributed by atoms with Crippen molar-refractivity contribution in [3.05, 3.63) is 11.9 Å². The lowest BCUT2D eigenvalue weighted by atomic mass is 9.94. The number of hydrogen-bond donors (Lipinski definition) is 2. The van der Waals surface area contributed by atoms with Crippen molar-refractivity contribution in [1.82, 2.24) is 10.2 Å². The van der Waals surface area contributed by atoms with E-state index in [1.165, 1.54) is 6.20 Å². The molecule has 0 aliphatic heterocycles. The number of nitrogens with one attached hydrogen (secondary N) is 1. The molecule has 0 saturated carbocycles. The van der Waals surface area contributed by atoms with Crippen LogP contribution < -0.4 is 0 Å². The Hall–Kier alpha value is -0.990. The molecule has 0 aliphatic rings. The summed E-state index contributed by atoms with van der Waals surface area (Å²) < 4.78 is 0. The average Bonchev–Trinajstić information content (AvgIpc) is 2.33. The number of aromatic amines is 1. The van der Waals surface area contributed by atoms with Crippen LogP contribution in [-0.2, 0) is 0 Å². The normalized spacial score (nSPS) is 13.8. The van der Waals surface area contributed by atoms with Gasteiger partial charge in [0.05, 0.1) is 6.20 Å². The summed E-state index contributed by atoms with van der Waals surface area (Å²) >= 11 is 0. The number of rotatable bonds is 2. The van der Waals surface area contributed by atoms with E-state index in [2.05, 4.69) is 31.0 Å². The molecule has 2 N–H and O–H groups in total. The molecule has 0 aliphatic carbocycles. The van der Waals surface area contributed by atoms with Gasteiger partial charge in [-0.25, -0.2) is 0 Å². The highest BCUT2D eigenvalue weighted by atomic mass is 16.3. The van der Waals surface area contributed by atoms with Crippen molar-refractivity contribution in [1.29, 1.82) is 0 Å². The van der Waals surface area contributed by atoms with Crippen molar-refractivity contribution in [2.24, 2.45) is 5.92 Å². The fourth-order valence-corrected chi connectivity index (χ4v) is 0.945. The third-order valence-corrected chi connectivity index (χ3v) is 2.08. The lowest BCUT2D eigenvalue weighted by Crippen LogP contribution is -2.02. The molecule has 0 fully saturated rings. The predicted molar refractivity (Wildman–Crippen MR) is 43.5 cm³/mol. The molecular formula is C8H14N2O. The first-order valence-electron chi connectivity index (χ1n) is 3.85. The van der Waals surface area contributed by atoms with Crippen LogP contribution in [0, 0.1) is 5.92 Å². The molecule has 3 nitrogen and oxygen atoms in total. The van der Waals surface area contributed by atoms with Crippen molar-refractivity contribution in [2.45, 2.75) is 26.7 Å². The predicted octanol–water partition coefficient (Wildman–Crippen LogP) is 1.87. The molecule has 1 aromatic rings. The largest absolute Gasteiger partial charge is 0.504 e. The molecule has 0 saturated heterocycles. The average molecular weight is 154 g/mol. The highest BCUT2D eigenvalue weighted by molar-refractivity contribution is 5.25. The summed E-state index contributed by atoms with van der Waals surface area (Å²) in [5.74, 6) is 1.08. The third-order valence-electron chi connectivity index (χ3n) is 2.08. The Bertz CT molecular complexity index is 230. The van der Waals surface area contributed by atoms with Gasteiger partial charge in [0.2, 0.25) is 0 Å². The molecule has 3 heteroatoms. The van der Waals surface area contributed by atoms with Gasteiger partial charge < -0.3 is 5.11 Å². The highest BCUT2D eigenvalue weighted by Gasteiger charge is 2.15. The minimum absolute atomic E-state index is 0.270. The van der Waals surface area contributed by atoms with Crippen LogP contribution in [0.1, 0.15) is 32.4 Å². The molecule has 1 unspecified atom stereocenters. The van der Waals surface area contributed by atoms with Crippen LogP contribution in [0.2, 0.25) is 0 Å². The summed E-state index contributed by atoms with van der Waals surface area (Å²) in [7, 11) is 0. The molecule has 0 radical (unpaired) electrons. The molecule has 11 heavy (non-hydrogen) atoms. The Kier molecular flexibility index (Phi) is 2.17. The molecule has 0 spiro atoms. The maximum atomic E-state index is 9.28. The van der Waals surface area contributed by atoms with E-state index in [0.717, 1.165) is 5.69 Å². The quantitative estimate of drug-likeness (QED) is 0.683. The number of hydrogen-bond acceptors (Lipinski definition) is 2. The van der Waals surface area contributed by atoms with Gasteiger partial charge in [0.1, 0.15) is 5.69 Å². The zero-order chi connectivity index (χ0) is 8.43. The lowest BCUT2D eigenvalue weighted by molar-refractivity contribution is 0.443. The van der Waals surface area contributed by atoms with Crippen molar-refractivity contribution in [3.63, 3.8) is 0 Å². The summed E-state index contributed by atoms with van der Waals surface area (Å²) in [5.41, 5.74) is 0.764. The second-order valence-corrected chi connectivity index (χ2v) is 3.19. The van der Waals surface area contributed by atoms with E-state index in [9.17, 15) is 5.11 Å². The summed E-state index contributed by atoms with van der Waals surface area (Å²) in [6, 6.07) is 0. The van der Waals surface area contributed by atoms with Gasteiger partial charge in [-0.2, -0.15) is 5.10 Å². The fraction of sp³-hybridized carbons (Fsp3) is 0.625. The van der Waals surface area contributed by atoms with Crippen LogP contribution in [0.4, 0.5) is 0 Å². The number of nitrogens with zero attached hydrogens (tertiary/aromatic N) is 1. The van der Waals surface area contributed by atoms with E-state index in [1.807, 2.05) is 0 Å². The molecule has 0 bridgehead atoms. The zero-order valence-electron chi connectivity index (χ0n) is 7.13. The van der Waals surface area contributed by atoms with Crippen molar-refractivity contribution >= 4 is 0 Å². The standard InChI is InChI=1S/C8H14N2O/c1-5(2)6(3)8-7(11)4-9-10-8/h4-6,11H,1-3H3,(H,9,10). The van der Waals surface area contributed by atoms with Crippen LogP contribution >= 0.6 is 0 Å².